The Bertz CT molecular complexity index is 556. The Balaban J connectivity index is 2.00. The van der Waals surface area contributed by atoms with Gasteiger partial charge in [0.05, 0.1) is 16.6 Å². The lowest BCUT2D eigenvalue weighted by molar-refractivity contribution is 0.285. The van der Waals surface area contributed by atoms with Crippen molar-refractivity contribution >= 4 is 40.9 Å². The first-order chi connectivity index (χ1) is 9.11. The van der Waals surface area contributed by atoms with E-state index in [0.29, 0.717) is 28.9 Å². The first kappa shape index (κ1) is 14.3. The van der Waals surface area contributed by atoms with E-state index in [1.54, 1.807) is 22.9 Å². The van der Waals surface area contributed by atoms with Crippen LogP contribution in [-0.2, 0) is 6.54 Å². The molecule has 5 nitrogen and oxygen atoms in total. The zero-order valence-corrected chi connectivity index (χ0v) is 12.5. The van der Waals surface area contributed by atoms with Gasteiger partial charge in [0.15, 0.2) is 10.9 Å². The number of aromatic nitrogens is 3. The van der Waals surface area contributed by atoms with E-state index < -0.39 is 0 Å². The molecule has 0 amide bonds. The molecule has 1 aromatic heterocycles. The van der Waals surface area contributed by atoms with Gasteiger partial charge in [0, 0.05) is 0 Å². The van der Waals surface area contributed by atoms with Gasteiger partial charge in [-0.25, -0.2) is 4.68 Å². The molecule has 2 aromatic rings. The van der Waals surface area contributed by atoms with E-state index in [-0.39, 0.29) is 5.95 Å². The smallest absolute Gasteiger partial charge is 0.240 e. The van der Waals surface area contributed by atoms with E-state index in [2.05, 4.69) is 10.1 Å². The molecule has 0 aliphatic carbocycles. The first-order valence-corrected chi connectivity index (χ1v) is 7.41. The summed E-state index contributed by atoms with van der Waals surface area (Å²) >= 11 is 13.5. The van der Waals surface area contributed by atoms with Crippen LogP contribution in [0.15, 0.2) is 23.4 Å². The van der Waals surface area contributed by atoms with Crippen LogP contribution in [0.4, 0.5) is 5.95 Å². The van der Waals surface area contributed by atoms with Crippen molar-refractivity contribution < 1.29 is 4.74 Å². The highest BCUT2D eigenvalue weighted by molar-refractivity contribution is 7.98. The number of nitrogen functional groups attached to an aromatic ring is 1. The molecule has 0 aliphatic heterocycles. The minimum absolute atomic E-state index is 0.250. The Morgan fingerprint density at radius 2 is 2.05 bits per heavy atom. The number of hydrogen-bond donors (Lipinski definition) is 1. The summed E-state index contributed by atoms with van der Waals surface area (Å²) in [5, 5.41) is 5.78. The third-order valence-corrected chi connectivity index (χ3v) is 3.57. The molecule has 102 valence electrons. The standard InChI is InChI=1S/C11H12Cl2N4OS/c1-19-11-15-10(14)16-17(11)5-6-18-9-7(12)3-2-4-8(9)13/h2-4H,5-6H2,1H3,(H2,14,16). The second-order valence-electron chi connectivity index (χ2n) is 3.58. The van der Waals surface area contributed by atoms with Gasteiger partial charge in [-0.05, 0) is 18.4 Å². The second kappa shape index (κ2) is 6.36. The van der Waals surface area contributed by atoms with Crippen LogP contribution in [0, 0.1) is 0 Å². The van der Waals surface area contributed by atoms with E-state index in [4.69, 9.17) is 33.7 Å². The fourth-order valence-corrected chi connectivity index (χ4v) is 2.53. The monoisotopic (exact) mass is 318 g/mol. The summed E-state index contributed by atoms with van der Waals surface area (Å²) in [6, 6.07) is 5.22. The summed E-state index contributed by atoms with van der Waals surface area (Å²) in [6.07, 6.45) is 1.91. The largest absolute Gasteiger partial charge is 0.489 e. The normalized spacial score (nSPS) is 10.7. The molecule has 0 saturated carbocycles. The number of thioether (sulfide) groups is 1. The molecule has 0 saturated heterocycles. The lowest BCUT2D eigenvalue weighted by Crippen LogP contribution is -2.11. The average Bonchev–Trinajstić information content (AvgIpc) is 2.73. The Kier molecular flexibility index (Phi) is 4.79. The Morgan fingerprint density at radius 3 is 2.68 bits per heavy atom. The molecule has 8 heteroatoms. The minimum Gasteiger partial charge on any atom is -0.489 e. The van der Waals surface area contributed by atoms with Crippen LogP contribution in [0.25, 0.3) is 0 Å². The molecule has 0 spiro atoms. The highest BCUT2D eigenvalue weighted by Gasteiger charge is 2.09. The van der Waals surface area contributed by atoms with Crippen molar-refractivity contribution in [1.29, 1.82) is 0 Å². The van der Waals surface area contributed by atoms with Crippen LogP contribution in [0.5, 0.6) is 5.75 Å². The van der Waals surface area contributed by atoms with Gasteiger partial charge >= 0.3 is 0 Å². The third-order valence-electron chi connectivity index (χ3n) is 2.31. The van der Waals surface area contributed by atoms with E-state index in [0.717, 1.165) is 5.16 Å². The maximum Gasteiger partial charge on any atom is 0.240 e. The number of rotatable bonds is 5. The SMILES string of the molecule is CSc1nc(N)nn1CCOc1c(Cl)cccc1Cl. The molecular weight excluding hydrogens is 307 g/mol. The van der Waals surface area contributed by atoms with E-state index in [1.807, 2.05) is 6.26 Å². The zero-order valence-electron chi connectivity index (χ0n) is 10.1. The lowest BCUT2D eigenvalue weighted by Gasteiger charge is -2.10. The molecule has 2 N–H and O–H groups in total. The van der Waals surface area contributed by atoms with Gasteiger partial charge in [-0.15, -0.1) is 5.10 Å². The van der Waals surface area contributed by atoms with Crippen LogP contribution in [0.2, 0.25) is 10.0 Å². The predicted octanol–water partition coefficient (Wildman–Crippen LogP) is 2.97. The summed E-state index contributed by atoms with van der Waals surface area (Å²) in [4.78, 5) is 4.07. The summed E-state index contributed by atoms with van der Waals surface area (Å²) < 4.78 is 7.26. The number of anilines is 1. The van der Waals surface area contributed by atoms with Crippen LogP contribution < -0.4 is 10.5 Å². The minimum atomic E-state index is 0.250. The van der Waals surface area contributed by atoms with Gasteiger partial charge in [0.2, 0.25) is 5.95 Å². The van der Waals surface area contributed by atoms with Gasteiger partial charge in [-0.3, -0.25) is 0 Å². The number of nitrogens with zero attached hydrogens (tertiary/aromatic N) is 3. The van der Waals surface area contributed by atoms with Gasteiger partial charge < -0.3 is 10.5 Å². The molecule has 0 fully saturated rings. The second-order valence-corrected chi connectivity index (χ2v) is 5.17. The van der Waals surface area contributed by atoms with Crippen molar-refractivity contribution in [3.8, 4) is 5.75 Å². The summed E-state index contributed by atoms with van der Waals surface area (Å²) in [5.74, 6) is 0.727. The zero-order chi connectivity index (χ0) is 13.8. The van der Waals surface area contributed by atoms with Crippen LogP contribution in [0.3, 0.4) is 0 Å². The highest BCUT2D eigenvalue weighted by Crippen LogP contribution is 2.32. The van der Waals surface area contributed by atoms with Gasteiger partial charge in [0.1, 0.15) is 6.61 Å². The van der Waals surface area contributed by atoms with Crippen molar-refractivity contribution in [2.24, 2.45) is 0 Å². The van der Waals surface area contributed by atoms with Crippen molar-refractivity contribution in [1.82, 2.24) is 14.8 Å². The Labute approximate surface area is 125 Å². The summed E-state index contributed by atoms with van der Waals surface area (Å²) in [7, 11) is 0. The first-order valence-electron chi connectivity index (χ1n) is 5.43. The van der Waals surface area contributed by atoms with Crippen molar-refractivity contribution in [3.63, 3.8) is 0 Å². The van der Waals surface area contributed by atoms with E-state index in [1.165, 1.54) is 11.8 Å². The third kappa shape index (κ3) is 3.46. The quantitative estimate of drug-likeness (QED) is 0.858. The van der Waals surface area contributed by atoms with Gasteiger partial charge in [-0.1, -0.05) is 41.0 Å². The molecule has 0 radical (unpaired) electrons. The topological polar surface area (TPSA) is 66.0 Å². The highest BCUT2D eigenvalue weighted by atomic mass is 35.5. The molecular formula is C11H12Cl2N4OS. The van der Waals surface area contributed by atoms with E-state index >= 15 is 0 Å². The van der Waals surface area contributed by atoms with Crippen LogP contribution in [0.1, 0.15) is 0 Å². The summed E-state index contributed by atoms with van der Waals surface area (Å²) in [6.45, 7) is 0.891. The van der Waals surface area contributed by atoms with Crippen LogP contribution >= 0.6 is 35.0 Å². The van der Waals surface area contributed by atoms with Gasteiger partial charge in [0.25, 0.3) is 0 Å². The maximum atomic E-state index is 6.01. The van der Waals surface area contributed by atoms with Gasteiger partial charge in [-0.2, -0.15) is 4.98 Å². The van der Waals surface area contributed by atoms with Crippen molar-refractivity contribution in [3.05, 3.63) is 28.2 Å². The number of benzene rings is 1. The van der Waals surface area contributed by atoms with Crippen molar-refractivity contribution in [2.45, 2.75) is 11.7 Å². The molecule has 0 aliphatic rings. The predicted molar refractivity (Wildman–Crippen MR) is 78.2 cm³/mol. The van der Waals surface area contributed by atoms with E-state index in [9.17, 15) is 0 Å². The molecule has 2 rings (SSSR count). The number of ether oxygens (including phenoxy) is 1. The number of hydrogen-bond acceptors (Lipinski definition) is 5. The van der Waals surface area contributed by atoms with Crippen LogP contribution in [-0.4, -0.2) is 27.6 Å². The lowest BCUT2D eigenvalue weighted by atomic mass is 10.3. The fraction of sp³-hybridized carbons (Fsp3) is 0.273. The average molecular weight is 319 g/mol. The molecule has 0 bridgehead atoms. The molecule has 19 heavy (non-hydrogen) atoms. The number of para-hydroxylation sites is 1. The maximum absolute atomic E-state index is 6.01. The number of nitrogens with two attached hydrogens (primary N) is 1. The number of halogens is 2. The Morgan fingerprint density at radius 1 is 1.37 bits per heavy atom. The van der Waals surface area contributed by atoms with Crippen molar-refractivity contribution in [2.75, 3.05) is 18.6 Å². The molecule has 1 heterocycles. The summed E-state index contributed by atoms with van der Waals surface area (Å²) in [5.41, 5.74) is 5.55. The molecule has 0 atom stereocenters. The fourth-order valence-electron chi connectivity index (χ4n) is 1.50. The molecule has 0 unspecified atom stereocenters. The molecule has 1 aromatic carbocycles. The Hall–Kier alpha value is -1.11.